The molecule has 2 aromatic rings. The average Bonchev–Trinajstić information content (AvgIpc) is 2.55. The Morgan fingerprint density at radius 3 is 2.36 bits per heavy atom. The molecule has 1 aromatic heterocycles. The normalized spacial score (nSPS) is 10.3. The van der Waals surface area contributed by atoms with Crippen molar-refractivity contribution >= 4 is 11.7 Å². The zero-order valence-electron chi connectivity index (χ0n) is 12.9. The fourth-order valence-corrected chi connectivity index (χ4v) is 2.23. The topological polar surface area (TPSA) is 36.4 Å². The summed E-state index contributed by atoms with van der Waals surface area (Å²) >= 11 is 0. The molecule has 0 saturated carbocycles. The number of pyridine rings is 1. The summed E-state index contributed by atoms with van der Waals surface area (Å²) in [7, 11) is 0. The summed E-state index contributed by atoms with van der Waals surface area (Å²) in [6.45, 7) is 5.53. The van der Waals surface area contributed by atoms with Crippen LogP contribution in [0.15, 0.2) is 48.8 Å². The van der Waals surface area contributed by atoms with Crippen LogP contribution >= 0.6 is 0 Å². The van der Waals surface area contributed by atoms with Crippen molar-refractivity contribution in [3.8, 4) is 0 Å². The first-order chi connectivity index (χ1) is 10.7. The summed E-state index contributed by atoms with van der Waals surface area (Å²) in [5, 5.41) is 0. The lowest BCUT2D eigenvalue weighted by atomic mass is 10.2. The Morgan fingerprint density at radius 1 is 1.14 bits per heavy atom. The molecule has 22 heavy (non-hydrogen) atoms. The first kappa shape index (κ1) is 15.9. The zero-order chi connectivity index (χ0) is 15.9. The average molecular weight is 301 g/mol. The lowest BCUT2D eigenvalue weighted by Crippen LogP contribution is -2.42. The second-order valence-electron chi connectivity index (χ2n) is 4.88. The van der Waals surface area contributed by atoms with Crippen molar-refractivity contribution in [3.63, 3.8) is 0 Å². The van der Waals surface area contributed by atoms with Crippen molar-refractivity contribution < 1.29 is 9.18 Å². The number of carbonyl (C=O) groups is 1. The number of urea groups is 1. The summed E-state index contributed by atoms with van der Waals surface area (Å²) in [6, 6.07) is 9.61. The number of hydrogen-bond donors (Lipinski definition) is 0. The number of amides is 2. The second-order valence-corrected chi connectivity index (χ2v) is 4.88. The van der Waals surface area contributed by atoms with Crippen LogP contribution in [0.2, 0.25) is 0 Å². The molecule has 116 valence electrons. The third kappa shape index (κ3) is 3.81. The number of anilines is 1. The minimum Gasteiger partial charge on any atom is -0.325 e. The van der Waals surface area contributed by atoms with E-state index in [0.717, 1.165) is 5.56 Å². The van der Waals surface area contributed by atoms with Gasteiger partial charge in [-0.3, -0.25) is 9.88 Å². The van der Waals surface area contributed by atoms with E-state index in [-0.39, 0.29) is 11.8 Å². The molecule has 0 fully saturated rings. The first-order valence-electron chi connectivity index (χ1n) is 7.36. The van der Waals surface area contributed by atoms with Crippen LogP contribution in [0.4, 0.5) is 14.9 Å². The Labute approximate surface area is 130 Å². The van der Waals surface area contributed by atoms with E-state index in [1.807, 2.05) is 26.0 Å². The molecule has 2 amide bonds. The van der Waals surface area contributed by atoms with Crippen molar-refractivity contribution in [1.29, 1.82) is 0 Å². The fourth-order valence-electron chi connectivity index (χ4n) is 2.23. The van der Waals surface area contributed by atoms with Gasteiger partial charge in [-0.15, -0.1) is 0 Å². The van der Waals surface area contributed by atoms with E-state index < -0.39 is 0 Å². The Morgan fingerprint density at radius 2 is 1.82 bits per heavy atom. The molecule has 0 aliphatic carbocycles. The number of hydrogen-bond acceptors (Lipinski definition) is 2. The van der Waals surface area contributed by atoms with E-state index in [1.54, 1.807) is 34.3 Å². The van der Waals surface area contributed by atoms with E-state index >= 15 is 0 Å². The number of aromatic nitrogens is 1. The van der Waals surface area contributed by atoms with Gasteiger partial charge >= 0.3 is 6.03 Å². The van der Waals surface area contributed by atoms with Gasteiger partial charge in [0, 0.05) is 31.2 Å². The number of nitrogens with zero attached hydrogens (tertiary/aromatic N) is 3. The first-order valence-corrected chi connectivity index (χ1v) is 7.36. The summed E-state index contributed by atoms with van der Waals surface area (Å²) in [6.07, 6.45) is 3.42. The predicted molar refractivity (Wildman–Crippen MR) is 85.1 cm³/mol. The molecule has 2 rings (SSSR count). The molecular weight excluding hydrogens is 281 g/mol. The van der Waals surface area contributed by atoms with Gasteiger partial charge in [0.2, 0.25) is 0 Å². The Hall–Kier alpha value is -2.43. The maximum atomic E-state index is 13.1. The van der Waals surface area contributed by atoms with E-state index in [4.69, 9.17) is 0 Å². The molecule has 0 aliphatic rings. The SMILES string of the molecule is CCN(CC)C(=O)N(Cc1cccnc1)c1ccc(F)cc1. The highest BCUT2D eigenvalue weighted by Crippen LogP contribution is 2.19. The number of carbonyl (C=O) groups excluding carboxylic acids is 1. The van der Waals surface area contributed by atoms with Crippen molar-refractivity contribution in [2.24, 2.45) is 0 Å². The van der Waals surface area contributed by atoms with Crippen molar-refractivity contribution in [2.75, 3.05) is 18.0 Å². The van der Waals surface area contributed by atoms with Gasteiger partial charge in [0.25, 0.3) is 0 Å². The van der Waals surface area contributed by atoms with E-state index in [2.05, 4.69) is 4.98 Å². The summed E-state index contributed by atoms with van der Waals surface area (Å²) in [4.78, 5) is 20.2. The van der Waals surface area contributed by atoms with Crippen molar-refractivity contribution in [1.82, 2.24) is 9.88 Å². The maximum Gasteiger partial charge on any atom is 0.324 e. The van der Waals surface area contributed by atoms with E-state index in [9.17, 15) is 9.18 Å². The molecule has 0 radical (unpaired) electrons. The van der Waals surface area contributed by atoms with Crippen LogP contribution in [0.1, 0.15) is 19.4 Å². The third-order valence-corrected chi connectivity index (χ3v) is 3.47. The molecule has 4 nitrogen and oxygen atoms in total. The largest absolute Gasteiger partial charge is 0.325 e. The number of halogens is 1. The minimum absolute atomic E-state index is 0.0968. The minimum atomic E-state index is -0.319. The maximum absolute atomic E-state index is 13.1. The highest BCUT2D eigenvalue weighted by atomic mass is 19.1. The van der Waals surface area contributed by atoms with Gasteiger partial charge in [0.05, 0.1) is 6.54 Å². The summed E-state index contributed by atoms with van der Waals surface area (Å²) < 4.78 is 13.1. The highest BCUT2D eigenvalue weighted by Gasteiger charge is 2.20. The van der Waals surface area contributed by atoms with Gasteiger partial charge in [0.1, 0.15) is 5.82 Å². The molecule has 0 atom stereocenters. The molecule has 0 aliphatic heterocycles. The van der Waals surface area contributed by atoms with Gasteiger partial charge in [0.15, 0.2) is 0 Å². The van der Waals surface area contributed by atoms with Gasteiger partial charge in [-0.1, -0.05) is 6.07 Å². The molecule has 0 spiro atoms. The zero-order valence-corrected chi connectivity index (χ0v) is 12.9. The monoisotopic (exact) mass is 301 g/mol. The van der Waals surface area contributed by atoms with Crippen LogP contribution in [-0.2, 0) is 6.54 Å². The van der Waals surface area contributed by atoms with Crippen LogP contribution in [0.5, 0.6) is 0 Å². The quantitative estimate of drug-likeness (QED) is 0.844. The smallest absolute Gasteiger partial charge is 0.324 e. The van der Waals surface area contributed by atoms with Gasteiger partial charge in [-0.2, -0.15) is 0 Å². The molecule has 1 aromatic carbocycles. The van der Waals surface area contributed by atoms with E-state index in [1.165, 1.54) is 12.1 Å². The summed E-state index contributed by atoms with van der Waals surface area (Å²) in [5.74, 6) is -0.319. The molecule has 0 saturated heterocycles. The van der Waals surface area contributed by atoms with E-state index in [0.29, 0.717) is 25.3 Å². The summed E-state index contributed by atoms with van der Waals surface area (Å²) in [5.41, 5.74) is 1.59. The van der Waals surface area contributed by atoms with Crippen LogP contribution in [-0.4, -0.2) is 29.0 Å². The Kier molecular flexibility index (Phi) is 5.47. The highest BCUT2D eigenvalue weighted by molar-refractivity contribution is 5.91. The lowest BCUT2D eigenvalue weighted by molar-refractivity contribution is 0.209. The Bertz CT molecular complexity index is 597. The van der Waals surface area contributed by atoms with Gasteiger partial charge in [-0.05, 0) is 49.7 Å². The number of benzene rings is 1. The van der Waals surface area contributed by atoms with Crippen LogP contribution in [0.25, 0.3) is 0 Å². The van der Waals surface area contributed by atoms with Crippen molar-refractivity contribution in [3.05, 3.63) is 60.2 Å². The standard InChI is InChI=1S/C17H20FN3O/c1-3-20(4-2)17(22)21(13-14-6-5-11-19-12-14)16-9-7-15(18)8-10-16/h5-12H,3-4,13H2,1-2H3. The second kappa shape index (κ2) is 7.54. The lowest BCUT2D eigenvalue weighted by Gasteiger charge is -2.29. The predicted octanol–water partition coefficient (Wildman–Crippen LogP) is 3.69. The van der Waals surface area contributed by atoms with Gasteiger partial charge < -0.3 is 4.90 Å². The molecule has 0 bridgehead atoms. The van der Waals surface area contributed by atoms with Crippen molar-refractivity contribution in [2.45, 2.75) is 20.4 Å². The Balaban J connectivity index is 2.31. The van der Waals surface area contributed by atoms with Gasteiger partial charge in [-0.25, -0.2) is 9.18 Å². The fraction of sp³-hybridized carbons (Fsp3) is 0.294. The molecule has 5 heteroatoms. The van der Waals surface area contributed by atoms with Crippen LogP contribution < -0.4 is 4.90 Å². The molecule has 0 unspecified atom stereocenters. The van der Waals surface area contributed by atoms with Crippen LogP contribution in [0.3, 0.4) is 0 Å². The number of rotatable bonds is 5. The molecule has 1 heterocycles. The molecular formula is C17H20FN3O. The van der Waals surface area contributed by atoms with Crippen LogP contribution in [0, 0.1) is 5.82 Å². The molecule has 0 N–H and O–H groups in total. The third-order valence-electron chi connectivity index (χ3n) is 3.47.